The minimum absolute atomic E-state index is 0.277. The molecule has 0 aliphatic carbocycles. The van der Waals surface area contributed by atoms with Gasteiger partial charge in [0.05, 0.1) is 12.6 Å². The molecular formula is C14H18F2N2O. The van der Waals surface area contributed by atoms with E-state index >= 15 is 0 Å². The number of alkyl halides is 2. The molecule has 2 rings (SSSR count). The molecule has 1 aromatic carbocycles. The Morgan fingerprint density at radius 2 is 2.16 bits per heavy atom. The molecule has 0 radical (unpaired) electrons. The Bertz CT molecular complexity index is 476. The molecule has 1 unspecified atom stereocenters. The van der Waals surface area contributed by atoms with Gasteiger partial charge >= 0.3 is 0 Å². The van der Waals surface area contributed by atoms with Gasteiger partial charge in [-0.25, -0.2) is 8.78 Å². The van der Waals surface area contributed by atoms with Crippen molar-refractivity contribution < 1.29 is 13.6 Å². The van der Waals surface area contributed by atoms with Gasteiger partial charge in [0, 0.05) is 20.0 Å². The number of amides is 1. The Balaban J connectivity index is 1.99. The van der Waals surface area contributed by atoms with Crippen LogP contribution in [0, 0.1) is 6.92 Å². The maximum absolute atomic E-state index is 13.1. The highest BCUT2D eigenvalue weighted by atomic mass is 19.3. The van der Waals surface area contributed by atoms with Crippen molar-refractivity contribution in [3.8, 4) is 0 Å². The normalized spacial score (nSPS) is 21.4. The number of nitrogens with zero attached hydrogens (tertiary/aromatic N) is 1. The van der Waals surface area contributed by atoms with E-state index in [0.29, 0.717) is 6.54 Å². The van der Waals surface area contributed by atoms with Crippen molar-refractivity contribution in [1.82, 2.24) is 10.2 Å². The number of halogens is 2. The van der Waals surface area contributed by atoms with Gasteiger partial charge in [-0.1, -0.05) is 24.3 Å². The molecule has 1 aliphatic heterocycles. The molecule has 1 N–H and O–H groups in total. The number of hydrogen-bond donors (Lipinski definition) is 1. The van der Waals surface area contributed by atoms with Crippen molar-refractivity contribution in [1.29, 1.82) is 0 Å². The topological polar surface area (TPSA) is 32.3 Å². The third-order valence-electron chi connectivity index (χ3n) is 3.45. The van der Waals surface area contributed by atoms with Crippen molar-refractivity contribution >= 4 is 5.91 Å². The van der Waals surface area contributed by atoms with Gasteiger partial charge in [0.15, 0.2) is 0 Å². The van der Waals surface area contributed by atoms with Gasteiger partial charge < -0.3 is 4.90 Å². The summed E-state index contributed by atoms with van der Waals surface area (Å²) < 4.78 is 26.2. The highest BCUT2D eigenvalue weighted by molar-refractivity contribution is 5.82. The summed E-state index contributed by atoms with van der Waals surface area (Å²) in [4.78, 5) is 13.6. The predicted molar refractivity (Wildman–Crippen MR) is 69.0 cm³/mol. The summed E-state index contributed by atoms with van der Waals surface area (Å²) in [5.74, 6) is -3.05. The van der Waals surface area contributed by atoms with Crippen molar-refractivity contribution in [3.63, 3.8) is 0 Å². The lowest BCUT2D eigenvalue weighted by atomic mass is 10.1. The molecule has 1 amide bonds. The van der Waals surface area contributed by atoms with Crippen LogP contribution < -0.4 is 5.32 Å². The van der Waals surface area contributed by atoms with E-state index in [1.165, 1.54) is 4.90 Å². The lowest BCUT2D eigenvalue weighted by Gasteiger charge is -2.22. The molecule has 1 fully saturated rings. The van der Waals surface area contributed by atoms with Crippen molar-refractivity contribution in [2.75, 3.05) is 13.6 Å². The first-order chi connectivity index (χ1) is 8.89. The second-order valence-corrected chi connectivity index (χ2v) is 5.11. The van der Waals surface area contributed by atoms with Crippen molar-refractivity contribution in [2.24, 2.45) is 0 Å². The molecule has 19 heavy (non-hydrogen) atoms. The highest BCUT2D eigenvalue weighted by Crippen LogP contribution is 2.26. The van der Waals surface area contributed by atoms with Crippen molar-refractivity contribution in [3.05, 3.63) is 35.4 Å². The number of nitrogens with one attached hydrogen (secondary N) is 1. The van der Waals surface area contributed by atoms with Crippen LogP contribution in [0.25, 0.3) is 0 Å². The van der Waals surface area contributed by atoms with E-state index in [9.17, 15) is 13.6 Å². The van der Waals surface area contributed by atoms with Crippen LogP contribution >= 0.6 is 0 Å². The standard InChI is InChI=1S/C14H18F2N2O/c1-10-5-3-4-6-11(10)8-18(2)13(19)12-7-14(15,16)9-17-12/h3-6,12,17H,7-9H2,1-2H3. The van der Waals surface area contributed by atoms with Crippen LogP contribution in [-0.4, -0.2) is 36.4 Å². The molecule has 1 aliphatic rings. The molecule has 0 spiro atoms. The average molecular weight is 268 g/mol. The lowest BCUT2D eigenvalue weighted by molar-refractivity contribution is -0.132. The summed E-state index contributed by atoms with van der Waals surface area (Å²) >= 11 is 0. The quantitative estimate of drug-likeness (QED) is 0.908. The molecule has 1 atom stereocenters. The number of aryl methyl sites for hydroxylation is 1. The van der Waals surface area contributed by atoms with Gasteiger partial charge in [-0.3, -0.25) is 10.1 Å². The van der Waals surface area contributed by atoms with Crippen LogP contribution in [0.1, 0.15) is 17.5 Å². The Morgan fingerprint density at radius 3 is 2.74 bits per heavy atom. The van der Waals surface area contributed by atoms with E-state index in [1.807, 2.05) is 31.2 Å². The first-order valence-corrected chi connectivity index (χ1v) is 6.30. The van der Waals surface area contributed by atoms with Gasteiger partial charge in [0.25, 0.3) is 5.92 Å². The minimum Gasteiger partial charge on any atom is -0.340 e. The second kappa shape index (κ2) is 5.25. The smallest absolute Gasteiger partial charge is 0.262 e. The van der Waals surface area contributed by atoms with Crippen LogP contribution in [0.5, 0.6) is 0 Å². The summed E-state index contributed by atoms with van der Waals surface area (Å²) in [5, 5.41) is 2.59. The fraction of sp³-hybridized carbons (Fsp3) is 0.500. The van der Waals surface area contributed by atoms with Gasteiger partial charge in [-0.15, -0.1) is 0 Å². The Kier molecular flexibility index (Phi) is 3.85. The summed E-state index contributed by atoms with van der Waals surface area (Å²) in [7, 11) is 1.65. The van der Waals surface area contributed by atoms with E-state index in [-0.39, 0.29) is 5.91 Å². The SMILES string of the molecule is Cc1ccccc1CN(C)C(=O)C1CC(F)(F)CN1. The van der Waals surface area contributed by atoms with Gasteiger partial charge in [0.1, 0.15) is 0 Å². The molecule has 1 aromatic rings. The molecule has 5 heteroatoms. The molecule has 0 bridgehead atoms. The fourth-order valence-electron chi connectivity index (χ4n) is 2.28. The number of hydrogen-bond acceptors (Lipinski definition) is 2. The zero-order chi connectivity index (χ0) is 14.0. The first kappa shape index (κ1) is 13.9. The molecule has 1 heterocycles. The van der Waals surface area contributed by atoms with E-state index in [1.54, 1.807) is 7.05 Å². The summed E-state index contributed by atoms with van der Waals surface area (Å²) in [6.07, 6.45) is -0.413. The number of carbonyl (C=O) groups excluding carboxylic acids is 1. The minimum atomic E-state index is -2.77. The largest absolute Gasteiger partial charge is 0.340 e. The third kappa shape index (κ3) is 3.29. The van der Waals surface area contributed by atoms with E-state index < -0.39 is 24.9 Å². The first-order valence-electron chi connectivity index (χ1n) is 6.30. The molecule has 0 aromatic heterocycles. The molecular weight excluding hydrogens is 250 g/mol. The highest BCUT2D eigenvalue weighted by Gasteiger charge is 2.43. The number of likely N-dealkylation sites (N-methyl/N-ethyl adjacent to an activating group) is 1. The number of carbonyl (C=O) groups is 1. The third-order valence-corrected chi connectivity index (χ3v) is 3.45. The monoisotopic (exact) mass is 268 g/mol. The van der Waals surface area contributed by atoms with Crippen molar-refractivity contribution in [2.45, 2.75) is 31.9 Å². The Labute approximate surface area is 111 Å². The zero-order valence-electron chi connectivity index (χ0n) is 11.1. The Hall–Kier alpha value is -1.49. The van der Waals surface area contributed by atoms with E-state index in [4.69, 9.17) is 0 Å². The van der Waals surface area contributed by atoms with Gasteiger partial charge in [-0.2, -0.15) is 0 Å². The van der Waals surface area contributed by atoms with Gasteiger partial charge in [-0.05, 0) is 18.1 Å². The van der Waals surface area contributed by atoms with Crippen LogP contribution in [-0.2, 0) is 11.3 Å². The summed E-state index contributed by atoms with van der Waals surface area (Å²) in [6, 6.07) is 6.97. The Morgan fingerprint density at radius 1 is 1.47 bits per heavy atom. The summed E-state index contributed by atoms with van der Waals surface area (Å²) in [5.41, 5.74) is 2.12. The van der Waals surface area contributed by atoms with Crippen LogP contribution in [0.4, 0.5) is 8.78 Å². The number of rotatable bonds is 3. The second-order valence-electron chi connectivity index (χ2n) is 5.11. The van der Waals surface area contributed by atoms with Gasteiger partial charge in [0.2, 0.25) is 5.91 Å². The van der Waals surface area contributed by atoms with E-state index in [0.717, 1.165) is 11.1 Å². The van der Waals surface area contributed by atoms with Crippen LogP contribution in [0.15, 0.2) is 24.3 Å². The van der Waals surface area contributed by atoms with Crippen LogP contribution in [0.3, 0.4) is 0 Å². The molecule has 1 saturated heterocycles. The maximum Gasteiger partial charge on any atom is 0.262 e. The molecule has 104 valence electrons. The lowest BCUT2D eigenvalue weighted by Crippen LogP contribution is -2.41. The summed E-state index contributed by atoms with van der Waals surface area (Å²) in [6.45, 7) is 1.99. The average Bonchev–Trinajstić information content (AvgIpc) is 2.71. The van der Waals surface area contributed by atoms with Crippen LogP contribution in [0.2, 0.25) is 0 Å². The molecule has 0 saturated carbocycles. The van der Waals surface area contributed by atoms with E-state index in [2.05, 4.69) is 5.32 Å². The zero-order valence-corrected chi connectivity index (χ0v) is 11.1. The number of benzene rings is 1. The fourth-order valence-corrected chi connectivity index (χ4v) is 2.28. The molecule has 3 nitrogen and oxygen atoms in total. The predicted octanol–water partition coefficient (Wildman–Crippen LogP) is 1.95. The maximum atomic E-state index is 13.1.